The molecule has 1 aromatic heterocycles. The van der Waals surface area contributed by atoms with Gasteiger partial charge in [0.2, 0.25) is 0 Å². The number of anilines is 1. The van der Waals surface area contributed by atoms with Gasteiger partial charge >= 0.3 is 5.97 Å². The number of rotatable bonds is 6. The van der Waals surface area contributed by atoms with Crippen molar-refractivity contribution in [1.82, 2.24) is 4.98 Å². The summed E-state index contributed by atoms with van der Waals surface area (Å²) in [7, 11) is 1.98. The molecule has 1 unspecified atom stereocenters. The largest absolute Gasteiger partial charge is 0.477 e. The lowest BCUT2D eigenvalue weighted by molar-refractivity contribution is 0.0700. The Balaban J connectivity index is 3.04. The van der Waals surface area contributed by atoms with Crippen LogP contribution in [0.25, 0.3) is 0 Å². The third-order valence-electron chi connectivity index (χ3n) is 3.05. The number of nitrogens with zero attached hydrogens (tertiary/aromatic N) is 2. The van der Waals surface area contributed by atoms with Gasteiger partial charge in [0.15, 0.2) is 5.13 Å². The van der Waals surface area contributed by atoms with Gasteiger partial charge in [-0.25, -0.2) is 9.78 Å². The van der Waals surface area contributed by atoms with Crippen molar-refractivity contribution in [3.05, 3.63) is 10.6 Å². The van der Waals surface area contributed by atoms with Crippen LogP contribution in [0.5, 0.6) is 0 Å². The molecule has 0 aliphatic carbocycles. The van der Waals surface area contributed by atoms with Gasteiger partial charge in [-0.15, -0.1) is 0 Å². The number of aromatic carboxylic acids is 1. The van der Waals surface area contributed by atoms with Gasteiger partial charge in [0, 0.05) is 13.1 Å². The van der Waals surface area contributed by atoms with Crippen LogP contribution in [0.3, 0.4) is 0 Å². The Morgan fingerprint density at radius 3 is 2.44 bits per heavy atom. The molecule has 0 aromatic carbocycles. The van der Waals surface area contributed by atoms with Crippen molar-refractivity contribution in [2.45, 2.75) is 52.5 Å². The molecule has 102 valence electrons. The van der Waals surface area contributed by atoms with Crippen LogP contribution >= 0.6 is 11.3 Å². The summed E-state index contributed by atoms with van der Waals surface area (Å²) in [6.45, 7) is 8.23. The average Bonchev–Trinajstić information content (AvgIpc) is 2.73. The van der Waals surface area contributed by atoms with E-state index in [0.29, 0.717) is 16.6 Å². The first-order valence-electron chi connectivity index (χ1n) is 6.35. The lowest BCUT2D eigenvalue weighted by Gasteiger charge is -2.23. The van der Waals surface area contributed by atoms with Crippen molar-refractivity contribution in [2.75, 3.05) is 11.9 Å². The molecule has 1 rings (SSSR count). The van der Waals surface area contributed by atoms with Crippen LogP contribution in [-0.2, 0) is 0 Å². The second-order valence-electron chi connectivity index (χ2n) is 4.92. The Bertz CT molecular complexity index is 415. The zero-order chi connectivity index (χ0) is 13.9. The number of carboxylic acid groups (broad SMARTS) is 1. The average molecular weight is 270 g/mol. The molecule has 1 atom stereocenters. The van der Waals surface area contributed by atoms with E-state index in [1.807, 2.05) is 20.9 Å². The van der Waals surface area contributed by atoms with Gasteiger partial charge in [0.1, 0.15) is 4.88 Å². The van der Waals surface area contributed by atoms with Crippen molar-refractivity contribution in [3.63, 3.8) is 0 Å². The van der Waals surface area contributed by atoms with Crippen LogP contribution in [0, 0.1) is 0 Å². The number of hydrogen-bond donors (Lipinski definition) is 1. The molecule has 0 radical (unpaired) electrons. The molecule has 0 amide bonds. The Kier molecular flexibility index (Phi) is 5.14. The fourth-order valence-electron chi connectivity index (χ4n) is 1.82. The maximum absolute atomic E-state index is 11.2. The standard InChI is InChI=1S/C13H22N2O2S/c1-6-7-9(4)15(5)13-14-10(8(2)3)11(18-13)12(16)17/h8-9H,6-7H2,1-5H3,(H,16,17). The smallest absolute Gasteiger partial charge is 0.347 e. The van der Waals surface area contributed by atoms with Crippen LogP contribution in [0.15, 0.2) is 0 Å². The molecule has 0 aliphatic heterocycles. The van der Waals surface area contributed by atoms with Gasteiger partial charge in [0.25, 0.3) is 0 Å². The molecule has 1 aromatic rings. The molecule has 1 N–H and O–H groups in total. The summed E-state index contributed by atoms with van der Waals surface area (Å²) in [6.07, 6.45) is 2.19. The molecule has 0 saturated carbocycles. The van der Waals surface area contributed by atoms with E-state index in [1.54, 1.807) is 0 Å². The van der Waals surface area contributed by atoms with E-state index >= 15 is 0 Å². The maximum Gasteiger partial charge on any atom is 0.347 e. The highest BCUT2D eigenvalue weighted by atomic mass is 32.1. The van der Waals surface area contributed by atoms with E-state index in [1.165, 1.54) is 11.3 Å². The number of thiazole rings is 1. The van der Waals surface area contributed by atoms with Gasteiger partial charge in [-0.05, 0) is 19.3 Å². The van der Waals surface area contributed by atoms with Crippen molar-refractivity contribution >= 4 is 22.4 Å². The quantitative estimate of drug-likeness (QED) is 0.858. The van der Waals surface area contributed by atoms with E-state index < -0.39 is 5.97 Å². The zero-order valence-electron chi connectivity index (χ0n) is 11.7. The first-order valence-corrected chi connectivity index (χ1v) is 7.16. The van der Waals surface area contributed by atoms with Crippen LogP contribution in [0.1, 0.15) is 61.8 Å². The highest BCUT2D eigenvalue weighted by molar-refractivity contribution is 7.17. The highest BCUT2D eigenvalue weighted by Crippen LogP contribution is 2.31. The molecule has 5 heteroatoms. The fraction of sp³-hybridized carbons (Fsp3) is 0.692. The maximum atomic E-state index is 11.2. The van der Waals surface area contributed by atoms with Crippen molar-refractivity contribution in [3.8, 4) is 0 Å². The van der Waals surface area contributed by atoms with Crippen LogP contribution in [-0.4, -0.2) is 29.1 Å². The topological polar surface area (TPSA) is 53.4 Å². The molecule has 4 nitrogen and oxygen atoms in total. The molecule has 0 saturated heterocycles. The third kappa shape index (κ3) is 3.22. The summed E-state index contributed by atoms with van der Waals surface area (Å²) < 4.78 is 0. The lowest BCUT2D eigenvalue weighted by atomic mass is 10.1. The highest BCUT2D eigenvalue weighted by Gasteiger charge is 2.22. The van der Waals surface area contributed by atoms with Gasteiger partial charge in [-0.3, -0.25) is 0 Å². The van der Waals surface area contributed by atoms with Crippen molar-refractivity contribution in [1.29, 1.82) is 0 Å². The second-order valence-corrected chi connectivity index (χ2v) is 5.90. The molecule has 0 fully saturated rings. The first kappa shape index (κ1) is 15.0. The van der Waals surface area contributed by atoms with Crippen molar-refractivity contribution < 1.29 is 9.90 Å². The molecular weight excluding hydrogens is 248 g/mol. The van der Waals surface area contributed by atoms with E-state index in [0.717, 1.165) is 18.0 Å². The number of carbonyl (C=O) groups is 1. The summed E-state index contributed by atoms with van der Waals surface area (Å²) in [5, 5.41) is 10.0. The Labute approximate surface area is 113 Å². The van der Waals surface area contributed by atoms with Crippen LogP contribution in [0.2, 0.25) is 0 Å². The monoisotopic (exact) mass is 270 g/mol. The Morgan fingerprint density at radius 1 is 1.44 bits per heavy atom. The zero-order valence-corrected chi connectivity index (χ0v) is 12.5. The summed E-state index contributed by atoms with van der Waals surface area (Å²) in [5.41, 5.74) is 0.693. The molecule has 0 spiro atoms. The SMILES string of the molecule is CCCC(C)N(C)c1nc(C(C)C)c(C(=O)O)s1. The summed E-state index contributed by atoms with van der Waals surface area (Å²) in [6, 6.07) is 0.378. The van der Waals surface area contributed by atoms with Crippen LogP contribution < -0.4 is 4.90 Å². The number of carboxylic acids is 1. The summed E-state index contributed by atoms with van der Waals surface area (Å²) in [4.78, 5) is 18.2. The molecule has 0 bridgehead atoms. The van der Waals surface area contributed by atoms with Gasteiger partial charge < -0.3 is 10.0 Å². The van der Waals surface area contributed by atoms with Gasteiger partial charge in [0.05, 0.1) is 5.69 Å². The fourth-order valence-corrected chi connectivity index (χ4v) is 2.94. The minimum absolute atomic E-state index is 0.135. The normalized spacial score (nSPS) is 12.8. The van der Waals surface area contributed by atoms with E-state index in [9.17, 15) is 9.90 Å². The predicted molar refractivity (Wildman–Crippen MR) is 75.9 cm³/mol. The minimum atomic E-state index is -0.876. The molecule has 1 heterocycles. The second kappa shape index (κ2) is 6.18. The van der Waals surface area contributed by atoms with Gasteiger partial charge in [-0.1, -0.05) is 38.5 Å². The number of hydrogen-bond acceptors (Lipinski definition) is 4. The molecule has 18 heavy (non-hydrogen) atoms. The van der Waals surface area contributed by atoms with E-state index in [-0.39, 0.29) is 5.92 Å². The summed E-state index contributed by atoms with van der Waals surface area (Å²) >= 11 is 1.27. The van der Waals surface area contributed by atoms with E-state index in [2.05, 4.69) is 23.7 Å². The summed E-state index contributed by atoms with van der Waals surface area (Å²) in [5.74, 6) is -0.741. The first-order chi connectivity index (χ1) is 8.38. The molecule has 0 aliphatic rings. The Morgan fingerprint density at radius 2 is 2.06 bits per heavy atom. The number of aromatic nitrogens is 1. The van der Waals surface area contributed by atoms with E-state index in [4.69, 9.17) is 0 Å². The van der Waals surface area contributed by atoms with Crippen LogP contribution in [0.4, 0.5) is 5.13 Å². The third-order valence-corrected chi connectivity index (χ3v) is 4.20. The predicted octanol–water partition coefficient (Wildman–Crippen LogP) is 3.59. The minimum Gasteiger partial charge on any atom is -0.477 e. The van der Waals surface area contributed by atoms with Gasteiger partial charge in [-0.2, -0.15) is 0 Å². The van der Waals surface area contributed by atoms with Crippen molar-refractivity contribution in [2.24, 2.45) is 0 Å². The molecular formula is C13H22N2O2S. The Hall–Kier alpha value is -1.10. The lowest BCUT2D eigenvalue weighted by Crippen LogP contribution is -2.28.